The van der Waals surface area contributed by atoms with Crippen LogP contribution in [0.2, 0.25) is 0 Å². The second-order valence-corrected chi connectivity index (χ2v) is 4.10. The van der Waals surface area contributed by atoms with Gasteiger partial charge in [-0.15, -0.1) is 0 Å². The molecule has 1 aromatic carbocycles. The highest BCUT2D eigenvalue weighted by molar-refractivity contribution is 5.90. The Bertz CT molecular complexity index is 612. The van der Waals surface area contributed by atoms with Crippen molar-refractivity contribution in [1.82, 2.24) is 9.78 Å². The summed E-state index contributed by atoms with van der Waals surface area (Å²) >= 11 is 0. The van der Waals surface area contributed by atoms with Crippen LogP contribution in [0.1, 0.15) is 6.92 Å². The third kappa shape index (κ3) is 3.47. The zero-order valence-corrected chi connectivity index (χ0v) is 11.0. The average molecular weight is 278 g/mol. The van der Waals surface area contributed by atoms with Gasteiger partial charge in [-0.1, -0.05) is 0 Å². The summed E-state index contributed by atoms with van der Waals surface area (Å²) < 4.78 is 20.1. The summed E-state index contributed by atoms with van der Waals surface area (Å²) in [6.07, 6.45) is 2.99. The maximum atomic E-state index is 13.6. The Labute approximate surface area is 115 Å². The van der Waals surface area contributed by atoms with E-state index in [0.29, 0.717) is 18.0 Å². The van der Waals surface area contributed by atoms with Crippen LogP contribution in [0.25, 0.3) is 0 Å². The minimum atomic E-state index is -0.520. The Kier molecular flexibility index (Phi) is 4.19. The number of carbonyl (C=O) groups excluding carboxylic acids is 1. The van der Waals surface area contributed by atoms with Gasteiger partial charge in [-0.25, -0.2) is 4.39 Å². The number of nitrogen functional groups attached to an aromatic ring is 1. The lowest BCUT2D eigenvalue weighted by Gasteiger charge is -2.08. The minimum absolute atomic E-state index is 0.00598. The first-order valence-corrected chi connectivity index (χ1v) is 6.08. The van der Waals surface area contributed by atoms with Crippen LogP contribution in [0.5, 0.6) is 5.75 Å². The van der Waals surface area contributed by atoms with Crippen LogP contribution < -0.4 is 15.8 Å². The maximum absolute atomic E-state index is 13.6. The molecule has 0 saturated carbocycles. The van der Waals surface area contributed by atoms with E-state index in [2.05, 4.69) is 10.4 Å². The molecule has 1 aromatic heterocycles. The largest absolute Gasteiger partial charge is 0.491 e. The number of rotatable bonds is 5. The van der Waals surface area contributed by atoms with Gasteiger partial charge in [-0.05, 0) is 19.1 Å². The van der Waals surface area contributed by atoms with Gasteiger partial charge in [-0.2, -0.15) is 5.10 Å². The first kappa shape index (κ1) is 13.9. The number of nitrogens with two attached hydrogens (primary N) is 1. The maximum Gasteiger partial charge on any atom is 0.246 e. The lowest BCUT2D eigenvalue weighted by Crippen LogP contribution is -2.19. The Hall–Kier alpha value is -2.57. The number of benzene rings is 1. The van der Waals surface area contributed by atoms with E-state index in [1.54, 1.807) is 19.2 Å². The van der Waals surface area contributed by atoms with Crippen molar-refractivity contribution in [2.45, 2.75) is 13.5 Å². The van der Waals surface area contributed by atoms with Crippen LogP contribution in [0.15, 0.2) is 30.6 Å². The van der Waals surface area contributed by atoms with Gasteiger partial charge in [0.15, 0.2) is 11.6 Å². The predicted octanol–water partition coefficient (Wildman–Crippen LogP) is 1.64. The topological polar surface area (TPSA) is 82.2 Å². The molecule has 0 aliphatic rings. The van der Waals surface area contributed by atoms with Crippen LogP contribution in [-0.4, -0.2) is 22.3 Å². The summed E-state index contributed by atoms with van der Waals surface area (Å²) in [6, 6.07) is 4.25. The highest BCUT2D eigenvalue weighted by Gasteiger charge is 2.08. The van der Waals surface area contributed by atoms with Gasteiger partial charge in [0, 0.05) is 18.0 Å². The summed E-state index contributed by atoms with van der Waals surface area (Å²) in [7, 11) is 0. The van der Waals surface area contributed by atoms with Gasteiger partial charge in [0.05, 0.1) is 18.5 Å². The number of carbonyl (C=O) groups is 1. The fourth-order valence-corrected chi connectivity index (χ4v) is 1.66. The Morgan fingerprint density at radius 2 is 2.35 bits per heavy atom. The quantitative estimate of drug-likeness (QED) is 0.871. The second kappa shape index (κ2) is 6.05. The number of ether oxygens (including phenoxy) is 1. The molecule has 6 nitrogen and oxygen atoms in total. The number of halogens is 1. The number of aromatic nitrogens is 2. The molecular weight excluding hydrogens is 263 g/mol. The third-order valence-corrected chi connectivity index (χ3v) is 2.47. The molecule has 106 valence electrons. The van der Waals surface area contributed by atoms with Gasteiger partial charge in [-0.3, -0.25) is 9.48 Å². The molecule has 1 amide bonds. The van der Waals surface area contributed by atoms with Crippen molar-refractivity contribution in [2.24, 2.45) is 0 Å². The highest BCUT2D eigenvalue weighted by Crippen LogP contribution is 2.21. The normalized spacial score (nSPS) is 10.3. The minimum Gasteiger partial charge on any atom is -0.491 e. The first-order valence-electron chi connectivity index (χ1n) is 6.08. The van der Waals surface area contributed by atoms with E-state index in [4.69, 9.17) is 10.5 Å². The molecule has 0 atom stereocenters. The van der Waals surface area contributed by atoms with E-state index in [9.17, 15) is 9.18 Å². The first-order chi connectivity index (χ1) is 9.58. The fourth-order valence-electron chi connectivity index (χ4n) is 1.66. The molecule has 2 rings (SSSR count). The SMILES string of the molecule is CCOc1ccc(NC(=O)Cn2cc(N)cn2)cc1F. The monoisotopic (exact) mass is 278 g/mol. The number of amides is 1. The molecule has 0 aliphatic heterocycles. The summed E-state index contributed by atoms with van der Waals surface area (Å²) in [4.78, 5) is 11.7. The number of anilines is 2. The van der Waals surface area contributed by atoms with Crippen LogP contribution in [-0.2, 0) is 11.3 Å². The summed E-state index contributed by atoms with van der Waals surface area (Å²) in [5.74, 6) is -0.685. The number of hydrogen-bond donors (Lipinski definition) is 2. The summed E-state index contributed by atoms with van der Waals surface area (Å²) in [5.41, 5.74) is 6.33. The van der Waals surface area contributed by atoms with Gasteiger partial charge >= 0.3 is 0 Å². The van der Waals surface area contributed by atoms with Crippen LogP contribution in [0, 0.1) is 5.82 Å². The van der Waals surface area contributed by atoms with Crippen molar-refractivity contribution < 1.29 is 13.9 Å². The molecule has 0 spiro atoms. The van der Waals surface area contributed by atoms with Crippen LogP contribution in [0.4, 0.5) is 15.8 Å². The lowest BCUT2D eigenvalue weighted by molar-refractivity contribution is -0.116. The molecule has 20 heavy (non-hydrogen) atoms. The van der Waals surface area contributed by atoms with Crippen LogP contribution in [0.3, 0.4) is 0 Å². The van der Waals surface area contributed by atoms with Gasteiger partial charge in [0.2, 0.25) is 5.91 Å². The number of nitrogens with one attached hydrogen (secondary N) is 1. The van der Waals surface area contributed by atoms with Crippen LogP contribution >= 0.6 is 0 Å². The zero-order valence-electron chi connectivity index (χ0n) is 11.0. The van der Waals surface area contributed by atoms with Gasteiger partial charge < -0.3 is 15.8 Å². The molecule has 0 radical (unpaired) electrons. The molecule has 0 aliphatic carbocycles. The average Bonchev–Trinajstić information content (AvgIpc) is 2.78. The van der Waals surface area contributed by atoms with Crippen molar-refractivity contribution >= 4 is 17.3 Å². The van der Waals surface area contributed by atoms with Gasteiger partial charge in [0.1, 0.15) is 6.54 Å². The molecule has 3 N–H and O–H groups in total. The standard InChI is InChI=1S/C13H15FN4O2/c1-2-20-12-4-3-10(5-11(12)14)17-13(19)8-18-7-9(15)6-16-18/h3-7H,2,8,15H2,1H3,(H,17,19). The summed E-state index contributed by atoms with van der Waals surface area (Å²) in [6.45, 7) is 2.15. The fraction of sp³-hybridized carbons (Fsp3) is 0.231. The Morgan fingerprint density at radius 1 is 1.55 bits per heavy atom. The predicted molar refractivity (Wildman–Crippen MR) is 72.8 cm³/mol. The Balaban J connectivity index is 1.99. The second-order valence-electron chi connectivity index (χ2n) is 4.10. The van der Waals surface area contributed by atoms with Crippen molar-refractivity contribution in [1.29, 1.82) is 0 Å². The van der Waals surface area contributed by atoms with Gasteiger partial charge in [0.25, 0.3) is 0 Å². The highest BCUT2D eigenvalue weighted by atomic mass is 19.1. The molecule has 2 aromatic rings. The van der Waals surface area contributed by atoms with Crippen molar-refractivity contribution in [3.05, 3.63) is 36.4 Å². The molecule has 1 heterocycles. The van der Waals surface area contributed by atoms with E-state index in [1.807, 2.05) is 0 Å². The number of nitrogens with zero attached hydrogens (tertiary/aromatic N) is 2. The van der Waals surface area contributed by atoms with E-state index in [1.165, 1.54) is 23.0 Å². The summed E-state index contributed by atoms with van der Waals surface area (Å²) in [5, 5.41) is 6.46. The van der Waals surface area contributed by atoms with E-state index < -0.39 is 5.82 Å². The zero-order chi connectivity index (χ0) is 14.5. The molecule has 0 bridgehead atoms. The third-order valence-electron chi connectivity index (χ3n) is 2.47. The molecule has 0 saturated heterocycles. The molecule has 7 heteroatoms. The van der Waals surface area contributed by atoms with Crippen molar-refractivity contribution in [2.75, 3.05) is 17.7 Å². The van der Waals surface area contributed by atoms with Crippen molar-refractivity contribution in [3.63, 3.8) is 0 Å². The molecule has 0 unspecified atom stereocenters. The van der Waals surface area contributed by atoms with E-state index in [0.717, 1.165) is 0 Å². The van der Waals surface area contributed by atoms with E-state index in [-0.39, 0.29) is 18.2 Å². The van der Waals surface area contributed by atoms with E-state index >= 15 is 0 Å². The molecule has 0 fully saturated rings. The lowest BCUT2D eigenvalue weighted by atomic mass is 10.3. The smallest absolute Gasteiger partial charge is 0.246 e. The Morgan fingerprint density at radius 3 is 2.95 bits per heavy atom. The number of hydrogen-bond acceptors (Lipinski definition) is 4. The van der Waals surface area contributed by atoms with Crippen molar-refractivity contribution in [3.8, 4) is 5.75 Å². The molecular formula is C13H15FN4O2.